The lowest BCUT2D eigenvalue weighted by atomic mass is 10.3. The normalized spacial score (nSPS) is 16.8. The Hall–Kier alpha value is -0.0800. The summed E-state index contributed by atoms with van der Waals surface area (Å²) in [4.78, 5) is 0. The molecule has 1 rings (SSSR count). The van der Waals surface area contributed by atoms with Crippen LogP contribution in [0.25, 0.3) is 0 Å². The Labute approximate surface area is 75.7 Å². The minimum absolute atomic E-state index is 0.930. The molecule has 2 heteroatoms. The maximum Gasteiger partial charge on any atom is 0.0478 e. The molecule has 1 aliphatic carbocycles. The molecule has 0 aliphatic heterocycles. The third-order valence-electron chi connectivity index (χ3n) is 2.26. The van der Waals surface area contributed by atoms with Crippen molar-refractivity contribution < 1.29 is 4.74 Å². The van der Waals surface area contributed by atoms with Crippen molar-refractivity contribution in [1.29, 1.82) is 0 Å². The van der Waals surface area contributed by atoms with Crippen LogP contribution in [0.3, 0.4) is 0 Å². The topological polar surface area (TPSA) is 21.3 Å². The quantitative estimate of drug-likeness (QED) is 0.562. The van der Waals surface area contributed by atoms with Gasteiger partial charge in [-0.15, -0.1) is 0 Å². The Morgan fingerprint density at radius 3 is 2.83 bits per heavy atom. The van der Waals surface area contributed by atoms with E-state index in [0.29, 0.717) is 0 Å². The van der Waals surface area contributed by atoms with Gasteiger partial charge in [0, 0.05) is 13.2 Å². The van der Waals surface area contributed by atoms with Gasteiger partial charge in [-0.2, -0.15) is 0 Å². The van der Waals surface area contributed by atoms with Gasteiger partial charge < -0.3 is 10.1 Å². The van der Waals surface area contributed by atoms with Crippen LogP contribution < -0.4 is 5.32 Å². The first-order valence-corrected chi connectivity index (χ1v) is 5.22. The summed E-state index contributed by atoms with van der Waals surface area (Å²) in [6, 6.07) is 0. The van der Waals surface area contributed by atoms with E-state index in [2.05, 4.69) is 12.2 Å². The predicted molar refractivity (Wildman–Crippen MR) is 51.3 cm³/mol. The smallest absolute Gasteiger partial charge is 0.0478 e. The first-order valence-electron chi connectivity index (χ1n) is 5.22. The van der Waals surface area contributed by atoms with Crippen LogP contribution >= 0.6 is 0 Å². The molecule has 1 aliphatic rings. The monoisotopic (exact) mass is 171 g/mol. The van der Waals surface area contributed by atoms with Crippen LogP contribution in [-0.4, -0.2) is 26.3 Å². The summed E-state index contributed by atoms with van der Waals surface area (Å²) >= 11 is 0. The number of hydrogen-bond donors (Lipinski definition) is 1. The molecule has 0 amide bonds. The van der Waals surface area contributed by atoms with E-state index in [4.69, 9.17) is 4.74 Å². The van der Waals surface area contributed by atoms with Crippen LogP contribution in [0.5, 0.6) is 0 Å². The highest BCUT2D eigenvalue weighted by Crippen LogP contribution is 2.31. The lowest BCUT2D eigenvalue weighted by Gasteiger charge is -2.03. The van der Waals surface area contributed by atoms with Crippen molar-refractivity contribution in [2.24, 2.45) is 5.92 Å². The summed E-state index contributed by atoms with van der Waals surface area (Å²) in [5, 5.41) is 3.28. The van der Waals surface area contributed by atoms with E-state index >= 15 is 0 Å². The molecule has 0 unspecified atom stereocenters. The highest BCUT2D eigenvalue weighted by molar-refractivity contribution is 4.72. The first kappa shape index (κ1) is 10.0. The van der Waals surface area contributed by atoms with Gasteiger partial charge >= 0.3 is 0 Å². The summed E-state index contributed by atoms with van der Waals surface area (Å²) in [5.41, 5.74) is 0. The van der Waals surface area contributed by atoms with Gasteiger partial charge in [-0.25, -0.2) is 0 Å². The zero-order valence-electron chi connectivity index (χ0n) is 8.14. The van der Waals surface area contributed by atoms with Crippen LogP contribution in [-0.2, 0) is 4.74 Å². The number of ether oxygens (including phenoxy) is 1. The van der Waals surface area contributed by atoms with Crippen molar-refractivity contribution in [1.82, 2.24) is 5.32 Å². The Balaban J connectivity index is 1.65. The minimum Gasteiger partial charge on any atom is -0.381 e. The van der Waals surface area contributed by atoms with E-state index in [1.54, 1.807) is 0 Å². The van der Waals surface area contributed by atoms with Gasteiger partial charge in [0.15, 0.2) is 0 Å². The first-order chi connectivity index (χ1) is 5.93. The largest absolute Gasteiger partial charge is 0.381 e. The second-order valence-electron chi connectivity index (χ2n) is 3.55. The second-order valence-corrected chi connectivity index (χ2v) is 3.55. The number of hydrogen-bond acceptors (Lipinski definition) is 2. The van der Waals surface area contributed by atoms with Crippen LogP contribution in [0.2, 0.25) is 0 Å². The lowest BCUT2D eigenvalue weighted by Crippen LogP contribution is -2.15. The fourth-order valence-corrected chi connectivity index (χ4v) is 1.23. The Morgan fingerprint density at radius 1 is 1.33 bits per heavy atom. The molecule has 12 heavy (non-hydrogen) atoms. The third-order valence-corrected chi connectivity index (χ3v) is 2.26. The standard InChI is InChI=1S/C10H21NO/c1-2-11-7-3-8-12-9-6-10-4-5-10/h10-11H,2-9H2,1H3. The molecular weight excluding hydrogens is 150 g/mol. The van der Waals surface area contributed by atoms with Crippen LogP contribution in [0.4, 0.5) is 0 Å². The van der Waals surface area contributed by atoms with E-state index < -0.39 is 0 Å². The van der Waals surface area contributed by atoms with E-state index in [-0.39, 0.29) is 0 Å². The molecule has 2 nitrogen and oxygen atoms in total. The molecule has 0 aromatic carbocycles. The summed E-state index contributed by atoms with van der Waals surface area (Å²) in [5.74, 6) is 1.01. The summed E-state index contributed by atoms with van der Waals surface area (Å²) in [6.45, 7) is 6.21. The maximum absolute atomic E-state index is 5.49. The molecule has 0 bridgehead atoms. The van der Waals surface area contributed by atoms with Gasteiger partial charge in [0.1, 0.15) is 0 Å². The highest BCUT2D eigenvalue weighted by atomic mass is 16.5. The van der Waals surface area contributed by atoms with Gasteiger partial charge in [0.2, 0.25) is 0 Å². The summed E-state index contributed by atoms with van der Waals surface area (Å²) in [7, 11) is 0. The van der Waals surface area contributed by atoms with E-state index in [1.165, 1.54) is 19.3 Å². The maximum atomic E-state index is 5.49. The molecule has 72 valence electrons. The average molecular weight is 171 g/mol. The Morgan fingerprint density at radius 2 is 2.17 bits per heavy atom. The summed E-state index contributed by atoms with van der Waals surface area (Å²) < 4.78 is 5.49. The number of nitrogens with one attached hydrogen (secondary N) is 1. The van der Waals surface area contributed by atoms with Gasteiger partial charge in [0.25, 0.3) is 0 Å². The van der Waals surface area contributed by atoms with E-state index in [1.807, 2.05) is 0 Å². The summed E-state index contributed by atoms with van der Waals surface area (Å²) in [6.07, 6.45) is 5.33. The Kier molecular flexibility index (Phi) is 5.37. The van der Waals surface area contributed by atoms with E-state index in [0.717, 1.165) is 38.6 Å². The van der Waals surface area contributed by atoms with Gasteiger partial charge in [-0.05, 0) is 31.8 Å². The van der Waals surface area contributed by atoms with Gasteiger partial charge in [-0.3, -0.25) is 0 Å². The minimum atomic E-state index is 0.930. The van der Waals surface area contributed by atoms with Crippen molar-refractivity contribution in [3.63, 3.8) is 0 Å². The molecule has 0 radical (unpaired) electrons. The van der Waals surface area contributed by atoms with E-state index in [9.17, 15) is 0 Å². The third kappa shape index (κ3) is 5.56. The number of rotatable bonds is 8. The predicted octanol–water partition coefficient (Wildman–Crippen LogP) is 1.80. The lowest BCUT2D eigenvalue weighted by molar-refractivity contribution is 0.126. The fraction of sp³-hybridized carbons (Fsp3) is 1.00. The van der Waals surface area contributed by atoms with Gasteiger partial charge in [-0.1, -0.05) is 19.8 Å². The molecule has 0 aromatic heterocycles. The second kappa shape index (κ2) is 6.44. The van der Waals surface area contributed by atoms with Crippen molar-refractivity contribution in [3.8, 4) is 0 Å². The van der Waals surface area contributed by atoms with Crippen molar-refractivity contribution in [3.05, 3.63) is 0 Å². The molecule has 0 spiro atoms. The SMILES string of the molecule is CCNCCCOCCC1CC1. The van der Waals surface area contributed by atoms with Crippen molar-refractivity contribution in [2.45, 2.75) is 32.6 Å². The zero-order chi connectivity index (χ0) is 8.65. The average Bonchev–Trinajstić information content (AvgIpc) is 2.87. The molecule has 0 saturated heterocycles. The fourth-order valence-electron chi connectivity index (χ4n) is 1.23. The van der Waals surface area contributed by atoms with Crippen LogP contribution in [0, 0.1) is 5.92 Å². The van der Waals surface area contributed by atoms with Crippen LogP contribution in [0.1, 0.15) is 32.6 Å². The molecule has 0 aromatic rings. The van der Waals surface area contributed by atoms with Crippen molar-refractivity contribution in [2.75, 3.05) is 26.3 Å². The molecule has 0 atom stereocenters. The zero-order valence-corrected chi connectivity index (χ0v) is 8.14. The molecule has 1 saturated carbocycles. The van der Waals surface area contributed by atoms with Crippen molar-refractivity contribution >= 4 is 0 Å². The van der Waals surface area contributed by atoms with Gasteiger partial charge in [0.05, 0.1) is 0 Å². The molecule has 1 N–H and O–H groups in total. The highest BCUT2D eigenvalue weighted by Gasteiger charge is 2.20. The molecule has 0 heterocycles. The Bertz CT molecular complexity index is 102. The molecule has 1 fully saturated rings. The molecular formula is C10H21NO. The van der Waals surface area contributed by atoms with Crippen LogP contribution in [0.15, 0.2) is 0 Å².